The first kappa shape index (κ1) is 11.6. The van der Waals surface area contributed by atoms with E-state index < -0.39 is 16.9 Å². The van der Waals surface area contributed by atoms with Gasteiger partial charge >= 0.3 is 5.97 Å². The number of hydrogen-bond donors (Lipinski definition) is 1. The molecular formula is C13H13NO3S. The van der Waals surface area contributed by atoms with Crippen LogP contribution in [-0.4, -0.2) is 33.7 Å². The molecule has 2 atom stereocenters. The van der Waals surface area contributed by atoms with Crippen LogP contribution in [0.1, 0.15) is 18.4 Å². The normalized spacial score (nSPS) is 30.6. The lowest BCUT2D eigenvalue weighted by Crippen LogP contribution is -2.45. The molecule has 1 aromatic rings. The summed E-state index contributed by atoms with van der Waals surface area (Å²) in [6, 6.07) is 9.05. The lowest BCUT2D eigenvalue weighted by molar-refractivity contribution is -0.148. The van der Waals surface area contributed by atoms with Gasteiger partial charge in [-0.3, -0.25) is 4.79 Å². The van der Waals surface area contributed by atoms with Gasteiger partial charge < -0.3 is 10.0 Å². The Morgan fingerprint density at radius 2 is 2.11 bits per heavy atom. The maximum absolute atomic E-state index is 12.0. The van der Waals surface area contributed by atoms with Crippen molar-refractivity contribution in [3.05, 3.63) is 35.9 Å². The number of hydrogen-bond acceptors (Lipinski definition) is 3. The maximum Gasteiger partial charge on any atom is 0.327 e. The second kappa shape index (κ2) is 4.02. The molecular weight excluding hydrogens is 250 g/mol. The number of nitrogens with zero attached hydrogens (tertiary/aromatic N) is 1. The van der Waals surface area contributed by atoms with Crippen molar-refractivity contribution < 1.29 is 14.7 Å². The lowest BCUT2D eigenvalue weighted by Gasteiger charge is -2.33. The van der Waals surface area contributed by atoms with E-state index in [4.69, 9.17) is 0 Å². The van der Waals surface area contributed by atoms with Gasteiger partial charge in [-0.15, -0.1) is 11.8 Å². The highest BCUT2D eigenvalue weighted by molar-refractivity contribution is 8.00. The summed E-state index contributed by atoms with van der Waals surface area (Å²) >= 11 is 1.58. The van der Waals surface area contributed by atoms with Gasteiger partial charge in [0.15, 0.2) is 0 Å². The Hall–Kier alpha value is -1.49. The average molecular weight is 263 g/mol. The molecule has 94 valence electrons. The summed E-state index contributed by atoms with van der Waals surface area (Å²) in [6.07, 6.45) is 1.13. The van der Waals surface area contributed by atoms with Crippen LogP contribution in [0.5, 0.6) is 0 Å². The lowest BCUT2D eigenvalue weighted by atomic mass is 10.0. The Labute approximate surface area is 109 Å². The Morgan fingerprint density at radius 3 is 2.78 bits per heavy atom. The molecule has 3 rings (SSSR count). The first-order valence-electron chi connectivity index (χ1n) is 5.89. The second-order valence-electron chi connectivity index (χ2n) is 4.58. The van der Waals surface area contributed by atoms with Crippen molar-refractivity contribution in [2.24, 2.45) is 0 Å². The van der Waals surface area contributed by atoms with Gasteiger partial charge in [-0.1, -0.05) is 30.3 Å². The van der Waals surface area contributed by atoms with Crippen LogP contribution in [0.2, 0.25) is 0 Å². The minimum Gasteiger partial charge on any atom is -0.480 e. The molecule has 2 heterocycles. The number of benzene rings is 1. The Bertz CT molecular complexity index is 504. The minimum atomic E-state index is -0.907. The van der Waals surface area contributed by atoms with E-state index in [1.807, 2.05) is 30.3 Å². The smallest absolute Gasteiger partial charge is 0.327 e. The van der Waals surface area contributed by atoms with Crippen LogP contribution in [0.3, 0.4) is 0 Å². The summed E-state index contributed by atoms with van der Waals surface area (Å²) in [5.41, 5.74) is 1.03. The predicted octanol–water partition coefficient (Wildman–Crippen LogP) is 1.66. The first-order chi connectivity index (χ1) is 8.65. The van der Waals surface area contributed by atoms with Crippen molar-refractivity contribution in [3.63, 3.8) is 0 Å². The fourth-order valence-corrected chi connectivity index (χ4v) is 4.47. The molecule has 18 heavy (non-hydrogen) atoms. The maximum atomic E-state index is 12.0. The summed E-state index contributed by atoms with van der Waals surface area (Å²) < 4.78 is 0. The van der Waals surface area contributed by atoms with Crippen molar-refractivity contribution in [2.75, 3.05) is 5.75 Å². The Morgan fingerprint density at radius 1 is 1.39 bits per heavy atom. The highest BCUT2D eigenvalue weighted by atomic mass is 32.2. The zero-order valence-electron chi connectivity index (χ0n) is 9.70. The highest BCUT2D eigenvalue weighted by Gasteiger charge is 2.56. The zero-order valence-corrected chi connectivity index (χ0v) is 10.5. The van der Waals surface area contributed by atoms with E-state index in [2.05, 4.69) is 0 Å². The molecule has 1 amide bonds. The number of carboxylic acid groups (broad SMARTS) is 1. The fourth-order valence-electron chi connectivity index (χ4n) is 2.82. The summed E-state index contributed by atoms with van der Waals surface area (Å²) in [5.74, 6) is -0.484. The second-order valence-corrected chi connectivity index (χ2v) is 5.88. The molecule has 5 heteroatoms. The van der Waals surface area contributed by atoms with Gasteiger partial charge in [-0.25, -0.2) is 4.79 Å². The molecule has 2 saturated heterocycles. The summed E-state index contributed by atoms with van der Waals surface area (Å²) in [6.45, 7) is 0. The number of carbonyl (C=O) groups is 2. The number of aliphatic carboxylic acids is 1. The highest BCUT2D eigenvalue weighted by Crippen LogP contribution is 2.54. The van der Waals surface area contributed by atoms with E-state index in [1.54, 1.807) is 16.7 Å². The summed E-state index contributed by atoms with van der Waals surface area (Å²) in [4.78, 5) is 24.4. The van der Waals surface area contributed by atoms with Gasteiger partial charge in [0.25, 0.3) is 0 Å². The average Bonchev–Trinajstić information content (AvgIpc) is 2.91. The van der Waals surface area contributed by atoms with Crippen molar-refractivity contribution >= 4 is 23.6 Å². The molecule has 2 aliphatic heterocycles. The van der Waals surface area contributed by atoms with E-state index in [-0.39, 0.29) is 5.91 Å². The largest absolute Gasteiger partial charge is 0.480 e. The van der Waals surface area contributed by atoms with E-state index >= 15 is 0 Å². The number of carbonyl (C=O) groups excluding carboxylic acids is 1. The number of amides is 1. The third kappa shape index (κ3) is 1.47. The van der Waals surface area contributed by atoms with Crippen LogP contribution in [0.25, 0.3) is 0 Å². The van der Waals surface area contributed by atoms with Gasteiger partial charge in [0.1, 0.15) is 10.9 Å². The van der Waals surface area contributed by atoms with Crippen molar-refractivity contribution in [1.82, 2.24) is 4.90 Å². The molecule has 0 saturated carbocycles. The minimum absolute atomic E-state index is 0.0451. The third-order valence-electron chi connectivity index (χ3n) is 3.64. The molecule has 0 aliphatic carbocycles. The van der Waals surface area contributed by atoms with Crippen LogP contribution >= 0.6 is 11.8 Å². The molecule has 0 aromatic heterocycles. The van der Waals surface area contributed by atoms with Gasteiger partial charge in [0.2, 0.25) is 5.91 Å². The number of thioether (sulfide) groups is 1. The van der Waals surface area contributed by atoms with E-state index in [1.165, 1.54) is 0 Å². The van der Waals surface area contributed by atoms with Crippen LogP contribution in [0.4, 0.5) is 0 Å². The molecule has 0 spiro atoms. The van der Waals surface area contributed by atoms with Crippen LogP contribution < -0.4 is 0 Å². The monoisotopic (exact) mass is 263 g/mol. The van der Waals surface area contributed by atoms with Crippen LogP contribution in [-0.2, 0) is 14.5 Å². The zero-order chi connectivity index (χ0) is 12.8. The molecule has 0 bridgehead atoms. The van der Waals surface area contributed by atoms with Crippen LogP contribution in [0, 0.1) is 0 Å². The third-order valence-corrected chi connectivity index (χ3v) is 5.23. The standard InChI is InChI=1S/C13H13NO3S/c15-11-6-7-13(9-4-2-1-3-5-9)14(11)10(8-18-13)12(16)17/h1-5,10H,6-8H2,(H,16,17)/t10-,13+/m0/s1. The van der Waals surface area contributed by atoms with Crippen LogP contribution in [0.15, 0.2) is 30.3 Å². The van der Waals surface area contributed by atoms with Gasteiger partial charge in [-0.05, 0) is 12.0 Å². The van der Waals surface area contributed by atoms with E-state index in [0.29, 0.717) is 18.6 Å². The predicted molar refractivity (Wildman–Crippen MR) is 68.1 cm³/mol. The van der Waals surface area contributed by atoms with Gasteiger partial charge in [-0.2, -0.15) is 0 Å². The molecule has 1 N–H and O–H groups in total. The van der Waals surface area contributed by atoms with Crippen molar-refractivity contribution in [2.45, 2.75) is 23.8 Å². The SMILES string of the molecule is O=C(O)[C@@H]1CS[C@@]2(c3ccccc3)CCC(=O)N12. The van der Waals surface area contributed by atoms with E-state index in [9.17, 15) is 14.7 Å². The Balaban J connectivity index is 2.06. The molecule has 0 radical (unpaired) electrons. The number of carboxylic acids is 1. The Kier molecular flexibility index (Phi) is 2.59. The molecule has 2 aliphatic rings. The van der Waals surface area contributed by atoms with Gasteiger partial charge in [0, 0.05) is 12.2 Å². The summed E-state index contributed by atoms with van der Waals surface area (Å²) in [7, 11) is 0. The molecule has 4 nitrogen and oxygen atoms in total. The molecule has 2 fully saturated rings. The molecule has 1 aromatic carbocycles. The van der Waals surface area contributed by atoms with Gasteiger partial charge in [0.05, 0.1) is 0 Å². The first-order valence-corrected chi connectivity index (χ1v) is 6.88. The summed E-state index contributed by atoms with van der Waals surface area (Å²) in [5, 5.41) is 9.23. The quantitative estimate of drug-likeness (QED) is 0.881. The number of rotatable bonds is 2. The number of fused-ring (bicyclic) bond motifs is 1. The fraction of sp³-hybridized carbons (Fsp3) is 0.385. The van der Waals surface area contributed by atoms with Crippen molar-refractivity contribution in [3.8, 4) is 0 Å². The van der Waals surface area contributed by atoms with E-state index in [0.717, 1.165) is 5.56 Å². The van der Waals surface area contributed by atoms with Crippen molar-refractivity contribution in [1.29, 1.82) is 0 Å². The topological polar surface area (TPSA) is 57.6 Å². The molecule has 0 unspecified atom stereocenters.